The van der Waals surface area contributed by atoms with Gasteiger partial charge in [-0.1, -0.05) is 89.9 Å². The van der Waals surface area contributed by atoms with E-state index in [0.29, 0.717) is 60.8 Å². The summed E-state index contributed by atoms with van der Waals surface area (Å²) in [7, 11) is 1.46. The number of pyridine rings is 4. The number of halogens is 2. The van der Waals surface area contributed by atoms with E-state index in [1.807, 2.05) is 122 Å². The summed E-state index contributed by atoms with van der Waals surface area (Å²) in [6, 6.07) is 39.9. The summed E-state index contributed by atoms with van der Waals surface area (Å²) in [6.45, 7) is 1.99. The summed E-state index contributed by atoms with van der Waals surface area (Å²) in [5, 5.41) is 19.1. The molecule has 0 amide bonds. The van der Waals surface area contributed by atoms with Gasteiger partial charge in [0, 0.05) is 50.0 Å². The fraction of sp³-hybridized carbons (Fsp3) is 0.0400. The standard InChI is InChI=1S/C50H32Cl2N8O4/c1-25-33-22-40(63-2)50(62)57-48(33)56-46(42(25)30-17-31-24-53-58-45(31)37(51)20-30)28-13-9-12-27(16-28)44-36-18-29(19-38(52)47(36)60-59-44)34-21-35-39(64-32-14-7-4-8-15-32)23-41(61)54-49(35)55-43(34)26-10-5-3-6-11-26/h3-24H,1-2H3,(H,53,58)(H,59,60)(H,54,55,61)(H,56,57,62). The third-order valence-electron chi connectivity index (χ3n) is 11.4. The van der Waals surface area contributed by atoms with Gasteiger partial charge in [-0.3, -0.25) is 19.8 Å². The monoisotopic (exact) mass is 878 g/mol. The van der Waals surface area contributed by atoms with Crippen molar-refractivity contribution in [2.45, 2.75) is 6.92 Å². The predicted molar refractivity (Wildman–Crippen MR) is 253 cm³/mol. The number of hydrogen-bond acceptors (Lipinski definition) is 8. The molecule has 0 saturated carbocycles. The van der Waals surface area contributed by atoms with Crippen LogP contribution in [0.1, 0.15) is 5.56 Å². The van der Waals surface area contributed by atoms with Crippen LogP contribution >= 0.6 is 23.2 Å². The Kier molecular flexibility index (Phi) is 9.33. The molecule has 14 heteroatoms. The van der Waals surface area contributed by atoms with E-state index in [-0.39, 0.29) is 11.3 Å². The first-order valence-electron chi connectivity index (χ1n) is 20.1. The zero-order valence-corrected chi connectivity index (χ0v) is 35.4. The summed E-state index contributed by atoms with van der Waals surface area (Å²) in [5.74, 6) is 1.12. The van der Waals surface area contributed by atoms with Crippen molar-refractivity contribution in [3.63, 3.8) is 0 Å². The molecule has 0 saturated heterocycles. The van der Waals surface area contributed by atoms with Gasteiger partial charge in [0.2, 0.25) is 0 Å². The topological polar surface area (TPSA) is 167 Å². The first kappa shape index (κ1) is 38.8. The minimum Gasteiger partial charge on any atom is -0.491 e. The smallest absolute Gasteiger partial charge is 0.291 e. The molecule has 0 aliphatic carbocycles. The highest BCUT2D eigenvalue weighted by Crippen LogP contribution is 2.43. The predicted octanol–water partition coefficient (Wildman–Crippen LogP) is 11.7. The van der Waals surface area contributed by atoms with Gasteiger partial charge in [0.05, 0.1) is 56.9 Å². The van der Waals surface area contributed by atoms with Crippen LogP contribution in [0.15, 0.2) is 143 Å². The van der Waals surface area contributed by atoms with Gasteiger partial charge in [0.1, 0.15) is 22.8 Å². The number of nitrogens with zero attached hydrogens (tertiary/aromatic N) is 4. The molecule has 6 aromatic heterocycles. The molecular weight excluding hydrogens is 848 g/mol. The number of methoxy groups -OCH3 is 1. The summed E-state index contributed by atoms with van der Waals surface area (Å²) in [6.07, 6.45) is 1.73. The van der Waals surface area contributed by atoms with Gasteiger partial charge in [0.25, 0.3) is 11.1 Å². The van der Waals surface area contributed by atoms with Gasteiger partial charge >= 0.3 is 0 Å². The molecule has 11 aromatic rings. The van der Waals surface area contributed by atoms with Crippen LogP contribution in [0.5, 0.6) is 17.2 Å². The molecule has 0 atom stereocenters. The Morgan fingerprint density at radius 1 is 0.578 bits per heavy atom. The quantitative estimate of drug-likeness (QED) is 0.117. The van der Waals surface area contributed by atoms with Crippen molar-refractivity contribution in [3.8, 4) is 73.3 Å². The van der Waals surface area contributed by atoms with E-state index in [1.165, 1.54) is 13.2 Å². The average Bonchev–Trinajstić information content (AvgIpc) is 3.98. The molecular formula is C50H32Cl2N8O4. The van der Waals surface area contributed by atoms with Crippen LogP contribution in [0.25, 0.3) is 99.9 Å². The van der Waals surface area contributed by atoms with Gasteiger partial charge in [-0.05, 0) is 78.2 Å². The molecule has 0 bridgehead atoms. The second kappa shape index (κ2) is 15.4. The van der Waals surface area contributed by atoms with Gasteiger partial charge in [-0.15, -0.1) is 0 Å². The first-order chi connectivity index (χ1) is 31.2. The van der Waals surface area contributed by atoms with Crippen LogP contribution < -0.4 is 20.6 Å². The molecule has 12 nitrogen and oxygen atoms in total. The van der Waals surface area contributed by atoms with Crippen molar-refractivity contribution in [1.29, 1.82) is 0 Å². The van der Waals surface area contributed by atoms with Gasteiger partial charge in [-0.2, -0.15) is 10.2 Å². The van der Waals surface area contributed by atoms with Crippen molar-refractivity contribution >= 4 is 67.1 Å². The maximum absolute atomic E-state index is 13.0. The number of ether oxygens (including phenoxy) is 2. The van der Waals surface area contributed by atoms with Crippen LogP contribution in [-0.2, 0) is 0 Å². The highest BCUT2D eigenvalue weighted by molar-refractivity contribution is 6.36. The van der Waals surface area contributed by atoms with E-state index < -0.39 is 5.56 Å². The van der Waals surface area contributed by atoms with Crippen molar-refractivity contribution in [3.05, 3.63) is 170 Å². The Labute approximate surface area is 372 Å². The molecule has 0 aliphatic rings. The second-order valence-corrected chi connectivity index (χ2v) is 16.1. The van der Waals surface area contributed by atoms with E-state index in [0.717, 1.165) is 66.2 Å². The Morgan fingerprint density at radius 2 is 1.28 bits per heavy atom. The number of benzene rings is 5. The Bertz CT molecular complexity index is 3790. The fourth-order valence-corrected chi connectivity index (χ4v) is 8.91. The lowest BCUT2D eigenvalue weighted by Gasteiger charge is -2.17. The van der Waals surface area contributed by atoms with E-state index in [2.05, 4.69) is 25.3 Å². The highest BCUT2D eigenvalue weighted by atomic mass is 35.5. The number of H-pyrrole nitrogens is 4. The van der Waals surface area contributed by atoms with Crippen LogP contribution in [0, 0.1) is 6.92 Å². The Morgan fingerprint density at radius 3 is 2.08 bits per heavy atom. The normalized spacial score (nSPS) is 11.6. The lowest BCUT2D eigenvalue weighted by molar-refractivity contribution is 0.409. The molecule has 4 N–H and O–H groups in total. The van der Waals surface area contributed by atoms with Crippen LogP contribution in [0.3, 0.4) is 0 Å². The lowest BCUT2D eigenvalue weighted by atomic mass is 9.91. The summed E-state index contributed by atoms with van der Waals surface area (Å²) in [4.78, 5) is 42.0. The number of hydrogen-bond donors (Lipinski definition) is 4. The summed E-state index contributed by atoms with van der Waals surface area (Å²) < 4.78 is 11.7. The minimum atomic E-state index is -0.391. The highest BCUT2D eigenvalue weighted by Gasteiger charge is 2.22. The molecule has 0 fully saturated rings. The van der Waals surface area contributed by atoms with Gasteiger partial charge < -0.3 is 19.4 Å². The minimum absolute atomic E-state index is 0.177. The molecule has 6 heterocycles. The average molecular weight is 880 g/mol. The zero-order valence-electron chi connectivity index (χ0n) is 33.9. The largest absolute Gasteiger partial charge is 0.491 e. The third kappa shape index (κ3) is 6.64. The van der Waals surface area contributed by atoms with Crippen molar-refractivity contribution in [2.75, 3.05) is 7.11 Å². The molecule has 11 rings (SSSR count). The van der Waals surface area contributed by atoms with E-state index in [9.17, 15) is 9.59 Å². The SMILES string of the molecule is COc1cc2c(C)c(-c3cc(Cl)c4[nH]ncc4c3)c(-c3cccc(-c4n[nH]c5c(Cl)cc(-c6cc7c(Oc8ccccc8)cc(=O)[nH]c7nc6-c6ccccc6)cc45)c3)nc2[nH]c1=O. The van der Waals surface area contributed by atoms with E-state index in [1.54, 1.807) is 12.3 Å². The molecule has 310 valence electrons. The fourth-order valence-electron chi connectivity index (χ4n) is 8.38. The van der Waals surface area contributed by atoms with Gasteiger partial charge in [-0.25, -0.2) is 9.97 Å². The third-order valence-corrected chi connectivity index (χ3v) is 12.0. The second-order valence-electron chi connectivity index (χ2n) is 15.3. The number of fused-ring (bicyclic) bond motifs is 4. The number of para-hydroxylation sites is 1. The number of nitrogens with one attached hydrogen (secondary N) is 4. The molecule has 0 aliphatic heterocycles. The summed E-state index contributed by atoms with van der Waals surface area (Å²) in [5.41, 5.74) is 9.72. The maximum atomic E-state index is 13.0. The zero-order chi connectivity index (χ0) is 43.6. The van der Waals surface area contributed by atoms with E-state index >= 15 is 0 Å². The maximum Gasteiger partial charge on any atom is 0.291 e. The Hall–Kier alpha value is -8.06. The molecule has 64 heavy (non-hydrogen) atoms. The Balaban J connectivity index is 1.10. The van der Waals surface area contributed by atoms with Crippen LogP contribution in [-0.4, -0.2) is 47.4 Å². The number of aromatic amines is 4. The number of aryl methyl sites for hydroxylation is 1. The molecule has 0 spiro atoms. The van der Waals surface area contributed by atoms with Crippen LogP contribution in [0.4, 0.5) is 0 Å². The van der Waals surface area contributed by atoms with Crippen molar-refractivity contribution in [2.24, 2.45) is 0 Å². The molecule has 5 aromatic carbocycles. The first-order valence-corrected chi connectivity index (χ1v) is 20.9. The van der Waals surface area contributed by atoms with Crippen molar-refractivity contribution in [1.82, 2.24) is 40.3 Å². The van der Waals surface area contributed by atoms with Gasteiger partial charge in [0.15, 0.2) is 5.75 Å². The van der Waals surface area contributed by atoms with Crippen molar-refractivity contribution < 1.29 is 9.47 Å². The van der Waals surface area contributed by atoms with Crippen LogP contribution in [0.2, 0.25) is 10.0 Å². The van der Waals surface area contributed by atoms with E-state index in [4.69, 9.17) is 47.7 Å². The molecule has 0 radical (unpaired) electrons. The summed E-state index contributed by atoms with van der Waals surface area (Å²) >= 11 is 14.0. The number of aromatic nitrogens is 8. The molecule has 0 unspecified atom stereocenters. The number of rotatable bonds is 8. The lowest BCUT2D eigenvalue weighted by Crippen LogP contribution is -2.10.